The minimum atomic E-state index is 0.450. The summed E-state index contributed by atoms with van der Waals surface area (Å²) in [6.07, 6.45) is 29.8. The van der Waals surface area contributed by atoms with Gasteiger partial charge in [0.05, 0.1) is 13.2 Å². The molecule has 0 bridgehead atoms. The molecule has 0 amide bonds. The first-order valence-corrected chi connectivity index (χ1v) is 14.6. The molecule has 0 saturated heterocycles. The molecule has 37 heavy (non-hydrogen) atoms. The predicted octanol–water partition coefficient (Wildman–Crippen LogP) is 9.41. The van der Waals surface area contributed by atoms with Gasteiger partial charge in [-0.15, -0.1) is 0 Å². The molecule has 0 N–H and O–H groups in total. The summed E-state index contributed by atoms with van der Waals surface area (Å²) in [7, 11) is 0. The van der Waals surface area contributed by atoms with E-state index < -0.39 is 0 Å². The SMILES string of the molecule is CCCCCCCCCCCCOOOOC=COC=COOOOCCCCCCCCCCCC. The fraction of sp³-hybridized carbons (Fsp3) is 0.857. The molecule has 0 rings (SSSR count). The monoisotopic (exact) mass is 534 g/mol. The van der Waals surface area contributed by atoms with Gasteiger partial charge >= 0.3 is 0 Å². The van der Waals surface area contributed by atoms with E-state index >= 15 is 0 Å². The van der Waals surface area contributed by atoms with Gasteiger partial charge in [-0.2, -0.15) is 0 Å². The average Bonchev–Trinajstić information content (AvgIpc) is 2.91. The van der Waals surface area contributed by atoms with Crippen molar-refractivity contribution < 1.29 is 44.4 Å². The second-order valence-corrected chi connectivity index (χ2v) is 9.15. The van der Waals surface area contributed by atoms with Crippen molar-refractivity contribution in [3.8, 4) is 0 Å². The molecule has 0 aliphatic heterocycles. The molecule has 0 aromatic heterocycles. The first kappa shape index (κ1) is 35.6. The van der Waals surface area contributed by atoms with Gasteiger partial charge in [-0.1, -0.05) is 129 Å². The molecule has 0 heterocycles. The van der Waals surface area contributed by atoms with E-state index in [1.54, 1.807) is 0 Å². The highest BCUT2D eigenvalue weighted by Crippen LogP contribution is 2.11. The van der Waals surface area contributed by atoms with Crippen molar-refractivity contribution in [3.63, 3.8) is 0 Å². The summed E-state index contributed by atoms with van der Waals surface area (Å²) in [6.45, 7) is 5.39. The molecular formula is C28H54O9. The molecule has 0 aromatic carbocycles. The summed E-state index contributed by atoms with van der Waals surface area (Å²) in [6, 6.07) is 0. The number of ether oxygens (including phenoxy) is 1. The van der Waals surface area contributed by atoms with Crippen molar-refractivity contribution in [2.75, 3.05) is 13.2 Å². The van der Waals surface area contributed by atoms with E-state index in [9.17, 15) is 0 Å². The lowest BCUT2D eigenvalue weighted by molar-refractivity contribution is -0.622. The highest BCUT2D eigenvalue weighted by Gasteiger charge is 1.96. The van der Waals surface area contributed by atoms with Crippen LogP contribution in [0, 0.1) is 0 Å². The summed E-state index contributed by atoms with van der Waals surface area (Å²) in [5.74, 6) is 0. The van der Waals surface area contributed by atoms with Gasteiger partial charge in [-0.05, 0) is 22.9 Å². The van der Waals surface area contributed by atoms with Crippen molar-refractivity contribution in [2.24, 2.45) is 0 Å². The van der Waals surface area contributed by atoms with Crippen molar-refractivity contribution >= 4 is 0 Å². The van der Waals surface area contributed by atoms with Gasteiger partial charge in [0, 0.05) is 10.1 Å². The molecule has 9 nitrogen and oxygen atoms in total. The first-order chi connectivity index (χ1) is 18.4. The lowest BCUT2D eigenvalue weighted by Crippen LogP contribution is -1.98. The second kappa shape index (κ2) is 34.6. The summed E-state index contributed by atoms with van der Waals surface area (Å²) in [4.78, 5) is 18.8. The zero-order valence-corrected chi connectivity index (χ0v) is 23.5. The van der Waals surface area contributed by atoms with Gasteiger partial charge in [0.2, 0.25) is 0 Å². The number of hydrogen-bond acceptors (Lipinski definition) is 9. The van der Waals surface area contributed by atoms with E-state index in [-0.39, 0.29) is 0 Å². The Balaban J connectivity index is 3.14. The molecule has 0 unspecified atom stereocenters. The van der Waals surface area contributed by atoms with Crippen LogP contribution in [-0.4, -0.2) is 13.2 Å². The molecule has 0 atom stereocenters. The largest absolute Gasteiger partial charge is 0.466 e. The van der Waals surface area contributed by atoms with Crippen molar-refractivity contribution in [1.82, 2.24) is 0 Å². The van der Waals surface area contributed by atoms with E-state index in [1.165, 1.54) is 115 Å². The van der Waals surface area contributed by atoms with E-state index in [1.807, 2.05) is 0 Å². The van der Waals surface area contributed by atoms with Gasteiger partial charge in [-0.25, -0.2) is 9.78 Å². The topological polar surface area (TPSA) is 83.1 Å². The molecule has 9 heteroatoms. The van der Waals surface area contributed by atoms with E-state index in [2.05, 4.69) is 43.8 Å². The van der Waals surface area contributed by atoms with Gasteiger partial charge in [-0.3, -0.25) is 0 Å². The molecule has 0 aliphatic rings. The third-order valence-electron chi connectivity index (χ3n) is 5.77. The Hall–Kier alpha value is -1.36. The van der Waals surface area contributed by atoms with Crippen LogP contribution in [-0.2, 0) is 44.4 Å². The third-order valence-corrected chi connectivity index (χ3v) is 5.77. The fourth-order valence-electron chi connectivity index (χ4n) is 3.64. The van der Waals surface area contributed by atoms with Crippen LogP contribution in [0.1, 0.15) is 142 Å². The quantitative estimate of drug-likeness (QED) is 0.0362. The molecule has 0 aromatic rings. The zero-order chi connectivity index (χ0) is 26.7. The van der Waals surface area contributed by atoms with Crippen LogP contribution in [0.4, 0.5) is 0 Å². The number of hydrogen-bond donors (Lipinski definition) is 0. The van der Waals surface area contributed by atoms with Crippen LogP contribution in [0.3, 0.4) is 0 Å². The highest BCUT2D eigenvalue weighted by molar-refractivity contribution is 4.67. The van der Waals surface area contributed by atoms with Gasteiger partial charge in [0.25, 0.3) is 0 Å². The molecule has 0 saturated carbocycles. The molecule has 0 radical (unpaired) electrons. The Morgan fingerprint density at radius 3 is 1.03 bits per heavy atom. The molecule has 0 aliphatic carbocycles. The number of unbranched alkanes of at least 4 members (excludes halogenated alkanes) is 18. The Bertz CT molecular complexity index is 421. The van der Waals surface area contributed by atoms with E-state index in [0.717, 1.165) is 38.2 Å². The van der Waals surface area contributed by atoms with Crippen molar-refractivity contribution in [1.29, 1.82) is 0 Å². The van der Waals surface area contributed by atoms with Crippen LogP contribution >= 0.6 is 0 Å². The van der Waals surface area contributed by atoms with Crippen LogP contribution in [0.2, 0.25) is 0 Å². The predicted molar refractivity (Wildman–Crippen MR) is 141 cm³/mol. The highest BCUT2D eigenvalue weighted by atomic mass is 17.7. The van der Waals surface area contributed by atoms with Crippen molar-refractivity contribution in [2.45, 2.75) is 142 Å². The minimum absolute atomic E-state index is 0.450. The maximum atomic E-state index is 4.91. The van der Waals surface area contributed by atoms with Gasteiger partial charge in [0.1, 0.15) is 12.5 Å². The fourth-order valence-corrected chi connectivity index (χ4v) is 3.64. The summed E-state index contributed by atoms with van der Waals surface area (Å²) in [5.41, 5.74) is 0. The Labute approximate surface area is 225 Å². The lowest BCUT2D eigenvalue weighted by Gasteiger charge is -2.02. The lowest BCUT2D eigenvalue weighted by atomic mass is 10.1. The molecule has 0 fully saturated rings. The Morgan fingerprint density at radius 1 is 0.351 bits per heavy atom. The maximum Gasteiger partial charge on any atom is 0.167 e. The summed E-state index contributed by atoms with van der Waals surface area (Å²) < 4.78 is 4.91. The molecule has 220 valence electrons. The van der Waals surface area contributed by atoms with Crippen LogP contribution < -0.4 is 0 Å². The summed E-state index contributed by atoms with van der Waals surface area (Å²) >= 11 is 0. The zero-order valence-electron chi connectivity index (χ0n) is 23.5. The standard InChI is InChI=1S/C28H54O9/c1-3-5-7-9-11-13-15-17-19-21-23-30-34-36-32-27-25-29-26-28-33-37-35-31-24-22-20-18-16-14-12-10-8-6-4-2/h25-28H,3-24H2,1-2H3. The van der Waals surface area contributed by atoms with Gasteiger partial charge in [0.15, 0.2) is 12.5 Å². The van der Waals surface area contributed by atoms with Crippen LogP contribution in [0.25, 0.3) is 0 Å². The van der Waals surface area contributed by atoms with Crippen LogP contribution in [0.5, 0.6) is 0 Å². The van der Waals surface area contributed by atoms with E-state index in [0.29, 0.717) is 13.2 Å². The molecule has 0 spiro atoms. The number of rotatable bonds is 32. The molecular weight excluding hydrogens is 480 g/mol. The average molecular weight is 535 g/mol. The maximum absolute atomic E-state index is 4.91. The summed E-state index contributed by atoms with van der Waals surface area (Å²) in [5, 5.41) is 17.6. The van der Waals surface area contributed by atoms with Crippen LogP contribution in [0.15, 0.2) is 25.0 Å². The third kappa shape index (κ3) is 34.6. The second-order valence-electron chi connectivity index (χ2n) is 9.15. The minimum Gasteiger partial charge on any atom is -0.466 e. The van der Waals surface area contributed by atoms with E-state index in [4.69, 9.17) is 14.5 Å². The Kier molecular flexibility index (Phi) is 33.4. The Morgan fingerprint density at radius 2 is 0.676 bits per heavy atom. The first-order valence-electron chi connectivity index (χ1n) is 14.6. The smallest absolute Gasteiger partial charge is 0.167 e. The van der Waals surface area contributed by atoms with Crippen molar-refractivity contribution in [3.05, 3.63) is 25.0 Å². The normalized spacial score (nSPS) is 11.6. The van der Waals surface area contributed by atoms with Gasteiger partial charge < -0.3 is 14.5 Å².